The lowest BCUT2D eigenvalue weighted by Crippen LogP contribution is -1.93. The van der Waals surface area contributed by atoms with E-state index in [0.29, 0.717) is 6.61 Å². The molecule has 0 radical (unpaired) electrons. The van der Waals surface area contributed by atoms with Gasteiger partial charge in [-0.15, -0.1) is 10.2 Å². The lowest BCUT2D eigenvalue weighted by molar-refractivity contribution is 0.340. The highest BCUT2D eigenvalue weighted by atomic mass is 79.9. The van der Waals surface area contributed by atoms with Gasteiger partial charge in [0.05, 0.1) is 6.61 Å². The SMILES string of the molecule is CCOc1cccc(Nc2nnc(Br)s2)c1. The predicted molar refractivity (Wildman–Crippen MR) is 68.5 cm³/mol. The van der Waals surface area contributed by atoms with Crippen molar-refractivity contribution >= 4 is 38.1 Å². The van der Waals surface area contributed by atoms with E-state index in [2.05, 4.69) is 31.4 Å². The summed E-state index contributed by atoms with van der Waals surface area (Å²) in [6.45, 7) is 2.62. The lowest BCUT2D eigenvalue weighted by atomic mass is 10.3. The topological polar surface area (TPSA) is 47.0 Å². The van der Waals surface area contributed by atoms with Crippen LogP contribution in [0.15, 0.2) is 28.2 Å². The maximum Gasteiger partial charge on any atom is 0.210 e. The number of ether oxygens (including phenoxy) is 1. The van der Waals surface area contributed by atoms with E-state index < -0.39 is 0 Å². The van der Waals surface area contributed by atoms with Crippen molar-refractivity contribution in [3.63, 3.8) is 0 Å². The van der Waals surface area contributed by atoms with E-state index in [0.717, 1.165) is 20.5 Å². The van der Waals surface area contributed by atoms with Crippen molar-refractivity contribution < 1.29 is 4.74 Å². The van der Waals surface area contributed by atoms with Crippen LogP contribution in [-0.4, -0.2) is 16.8 Å². The van der Waals surface area contributed by atoms with Gasteiger partial charge in [0.15, 0.2) is 3.92 Å². The molecule has 0 saturated heterocycles. The van der Waals surface area contributed by atoms with E-state index in [1.807, 2.05) is 31.2 Å². The molecule has 0 aliphatic rings. The van der Waals surface area contributed by atoms with Crippen LogP contribution in [-0.2, 0) is 0 Å². The molecule has 0 aliphatic heterocycles. The Balaban J connectivity index is 2.12. The second kappa shape index (κ2) is 5.27. The zero-order valence-electron chi connectivity index (χ0n) is 8.61. The molecule has 0 atom stereocenters. The minimum atomic E-state index is 0.661. The zero-order chi connectivity index (χ0) is 11.4. The molecule has 0 aliphatic carbocycles. The summed E-state index contributed by atoms with van der Waals surface area (Å²) < 4.78 is 6.17. The fourth-order valence-corrected chi connectivity index (χ4v) is 2.24. The minimum Gasteiger partial charge on any atom is -0.494 e. The Morgan fingerprint density at radius 3 is 3.00 bits per heavy atom. The number of halogens is 1. The van der Waals surface area contributed by atoms with Gasteiger partial charge in [0, 0.05) is 11.8 Å². The van der Waals surface area contributed by atoms with Crippen LogP contribution < -0.4 is 10.1 Å². The molecule has 0 fully saturated rings. The molecule has 1 heterocycles. The molecule has 4 nitrogen and oxygen atoms in total. The first-order valence-corrected chi connectivity index (χ1v) is 6.38. The van der Waals surface area contributed by atoms with Gasteiger partial charge in [-0.25, -0.2) is 0 Å². The van der Waals surface area contributed by atoms with Gasteiger partial charge in [0.25, 0.3) is 0 Å². The zero-order valence-corrected chi connectivity index (χ0v) is 11.0. The van der Waals surface area contributed by atoms with Crippen LogP contribution in [0.3, 0.4) is 0 Å². The van der Waals surface area contributed by atoms with Crippen molar-refractivity contribution in [1.82, 2.24) is 10.2 Å². The highest BCUT2D eigenvalue weighted by Crippen LogP contribution is 2.25. The number of hydrogen-bond donors (Lipinski definition) is 1. The van der Waals surface area contributed by atoms with Crippen LogP contribution in [0.25, 0.3) is 0 Å². The number of nitrogens with zero attached hydrogens (tertiary/aromatic N) is 2. The minimum absolute atomic E-state index is 0.661. The van der Waals surface area contributed by atoms with Crippen molar-refractivity contribution in [2.45, 2.75) is 6.92 Å². The number of rotatable bonds is 4. The van der Waals surface area contributed by atoms with E-state index >= 15 is 0 Å². The summed E-state index contributed by atoms with van der Waals surface area (Å²) in [4.78, 5) is 0. The van der Waals surface area contributed by atoms with Crippen LogP contribution in [0.2, 0.25) is 0 Å². The molecule has 1 N–H and O–H groups in total. The molecule has 0 saturated carbocycles. The summed E-state index contributed by atoms with van der Waals surface area (Å²) >= 11 is 4.71. The molecule has 6 heteroatoms. The van der Waals surface area contributed by atoms with Gasteiger partial charge in [-0.2, -0.15) is 0 Å². The van der Waals surface area contributed by atoms with Gasteiger partial charge < -0.3 is 10.1 Å². The number of hydrogen-bond acceptors (Lipinski definition) is 5. The van der Waals surface area contributed by atoms with Crippen LogP contribution in [0.1, 0.15) is 6.92 Å². The molecule has 2 aromatic rings. The molecule has 0 amide bonds. The van der Waals surface area contributed by atoms with Crippen LogP contribution >= 0.6 is 27.3 Å². The highest BCUT2D eigenvalue weighted by Gasteiger charge is 2.02. The van der Waals surface area contributed by atoms with Crippen LogP contribution in [0.5, 0.6) is 5.75 Å². The Morgan fingerprint density at radius 2 is 2.31 bits per heavy atom. The third kappa shape index (κ3) is 2.93. The molecule has 1 aromatic carbocycles. The molecule has 16 heavy (non-hydrogen) atoms. The maximum atomic E-state index is 5.41. The third-order valence-corrected chi connectivity index (χ3v) is 3.07. The smallest absolute Gasteiger partial charge is 0.210 e. The number of aromatic nitrogens is 2. The normalized spacial score (nSPS) is 10.1. The molecule has 1 aromatic heterocycles. The average molecular weight is 300 g/mol. The van der Waals surface area contributed by atoms with Gasteiger partial charge >= 0.3 is 0 Å². The Kier molecular flexibility index (Phi) is 3.74. The molecule has 0 unspecified atom stereocenters. The Bertz CT molecular complexity index is 475. The summed E-state index contributed by atoms with van der Waals surface area (Å²) in [5.74, 6) is 0.844. The second-order valence-electron chi connectivity index (χ2n) is 2.95. The Hall–Kier alpha value is -1.14. The lowest BCUT2D eigenvalue weighted by Gasteiger charge is -2.05. The van der Waals surface area contributed by atoms with E-state index in [1.165, 1.54) is 11.3 Å². The van der Waals surface area contributed by atoms with Crippen molar-refractivity contribution in [3.05, 3.63) is 28.2 Å². The fraction of sp³-hybridized carbons (Fsp3) is 0.200. The first-order chi connectivity index (χ1) is 7.78. The summed E-state index contributed by atoms with van der Waals surface area (Å²) in [5.41, 5.74) is 0.939. The first-order valence-electron chi connectivity index (χ1n) is 4.77. The number of anilines is 2. The molecule has 0 spiro atoms. The average Bonchev–Trinajstić information content (AvgIpc) is 2.65. The third-order valence-electron chi connectivity index (χ3n) is 1.80. The molecule has 2 rings (SSSR count). The van der Waals surface area contributed by atoms with E-state index in [1.54, 1.807) is 0 Å². The standard InChI is InChI=1S/C10H10BrN3OS/c1-2-15-8-5-3-4-7(6-8)12-10-14-13-9(11)16-10/h3-6H,2H2,1H3,(H,12,14). The van der Waals surface area contributed by atoms with Crippen molar-refractivity contribution in [1.29, 1.82) is 0 Å². The van der Waals surface area contributed by atoms with E-state index in [9.17, 15) is 0 Å². The van der Waals surface area contributed by atoms with Crippen molar-refractivity contribution in [2.75, 3.05) is 11.9 Å². The fourth-order valence-electron chi connectivity index (χ4n) is 1.21. The van der Waals surface area contributed by atoms with Gasteiger partial charge in [-0.05, 0) is 35.0 Å². The number of nitrogens with one attached hydrogen (secondary N) is 1. The Morgan fingerprint density at radius 1 is 1.44 bits per heavy atom. The molecular formula is C10H10BrN3OS. The first kappa shape index (κ1) is 11.3. The highest BCUT2D eigenvalue weighted by molar-refractivity contribution is 9.11. The summed E-state index contributed by atoms with van der Waals surface area (Å²) in [7, 11) is 0. The largest absolute Gasteiger partial charge is 0.494 e. The van der Waals surface area contributed by atoms with Crippen molar-refractivity contribution in [3.8, 4) is 5.75 Å². The molecule has 84 valence electrons. The quantitative estimate of drug-likeness (QED) is 0.939. The second-order valence-corrected chi connectivity index (χ2v) is 5.20. The van der Waals surface area contributed by atoms with E-state index in [-0.39, 0.29) is 0 Å². The van der Waals surface area contributed by atoms with Gasteiger partial charge in [0.1, 0.15) is 5.75 Å². The van der Waals surface area contributed by atoms with Crippen molar-refractivity contribution in [2.24, 2.45) is 0 Å². The van der Waals surface area contributed by atoms with Crippen LogP contribution in [0, 0.1) is 0 Å². The maximum absolute atomic E-state index is 5.41. The van der Waals surface area contributed by atoms with Gasteiger partial charge in [0.2, 0.25) is 5.13 Å². The van der Waals surface area contributed by atoms with Gasteiger partial charge in [-0.3, -0.25) is 0 Å². The summed E-state index contributed by atoms with van der Waals surface area (Å²) in [6, 6.07) is 7.74. The van der Waals surface area contributed by atoms with E-state index in [4.69, 9.17) is 4.74 Å². The Labute approximate surface area is 106 Å². The summed E-state index contributed by atoms with van der Waals surface area (Å²) in [6.07, 6.45) is 0. The molecular weight excluding hydrogens is 290 g/mol. The molecule has 0 bridgehead atoms. The van der Waals surface area contributed by atoms with Crippen LogP contribution in [0.4, 0.5) is 10.8 Å². The predicted octanol–water partition coefficient (Wildman–Crippen LogP) is 3.44. The monoisotopic (exact) mass is 299 g/mol. The number of benzene rings is 1. The van der Waals surface area contributed by atoms with Gasteiger partial charge in [-0.1, -0.05) is 17.4 Å². The summed E-state index contributed by atoms with van der Waals surface area (Å²) in [5, 5.41) is 11.7.